The lowest BCUT2D eigenvalue weighted by atomic mass is 10.0. The largest absolute Gasteiger partial charge is 0.505 e. The number of pyridine rings is 1. The number of rotatable bonds is 2. The molecule has 2 N–H and O–H groups in total. The molecule has 0 spiro atoms. The highest BCUT2D eigenvalue weighted by Gasteiger charge is 2.15. The van der Waals surface area contributed by atoms with Crippen LogP contribution in [0.25, 0.3) is 11.1 Å². The van der Waals surface area contributed by atoms with Crippen LogP contribution in [0.4, 0.5) is 0 Å². The minimum Gasteiger partial charge on any atom is -0.505 e. The molecule has 4 nitrogen and oxygen atoms in total. The van der Waals surface area contributed by atoms with Crippen molar-refractivity contribution < 1.29 is 15.0 Å². The summed E-state index contributed by atoms with van der Waals surface area (Å²) in [5, 5.41) is 19.2. The van der Waals surface area contributed by atoms with Crippen LogP contribution in [0.15, 0.2) is 36.5 Å². The molecule has 2 aromatic rings. The van der Waals surface area contributed by atoms with E-state index in [0.717, 1.165) is 0 Å². The van der Waals surface area contributed by atoms with Crippen molar-refractivity contribution in [3.63, 3.8) is 0 Å². The van der Waals surface area contributed by atoms with Crippen LogP contribution in [0.2, 0.25) is 5.02 Å². The summed E-state index contributed by atoms with van der Waals surface area (Å²) in [6, 6.07) is 8.32. The monoisotopic (exact) mass is 249 g/mol. The van der Waals surface area contributed by atoms with Crippen molar-refractivity contribution in [2.75, 3.05) is 0 Å². The van der Waals surface area contributed by atoms with E-state index in [-0.39, 0.29) is 11.4 Å². The summed E-state index contributed by atoms with van der Waals surface area (Å²) in [6.45, 7) is 0. The second kappa shape index (κ2) is 4.43. The Labute approximate surface area is 102 Å². The molecule has 0 bridgehead atoms. The minimum absolute atomic E-state index is 0.359. The highest BCUT2D eigenvalue weighted by atomic mass is 35.5. The smallest absolute Gasteiger partial charge is 0.358 e. The standard InChI is InChI=1S/C12H8ClNO3/c13-8-3-1-2-7(6-8)9-4-5-14-10(11(9)15)12(16)17/h1-6,15H,(H,16,17). The predicted molar refractivity (Wildman–Crippen MR) is 63.3 cm³/mol. The SMILES string of the molecule is O=C(O)c1nccc(-c2cccc(Cl)c2)c1O. The number of carboxylic acids is 1. The molecule has 0 saturated carbocycles. The topological polar surface area (TPSA) is 70.4 Å². The molecule has 1 heterocycles. The van der Waals surface area contributed by atoms with Gasteiger partial charge in [-0.05, 0) is 23.8 Å². The second-order valence-electron chi connectivity index (χ2n) is 3.37. The van der Waals surface area contributed by atoms with Crippen LogP contribution in [0.5, 0.6) is 5.75 Å². The zero-order valence-electron chi connectivity index (χ0n) is 8.59. The second-order valence-corrected chi connectivity index (χ2v) is 3.81. The van der Waals surface area contributed by atoms with Crippen LogP contribution in [0.3, 0.4) is 0 Å². The zero-order valence-corrected chi connectivity index (χ0v) is 9.35. The number of aromatic nitrogens is 1. The third-order valence-electron chi connectivity index (χ3n) is 2.26. The van der Waals surface area contributed by atoms with Gasteiger partial charge in [0, 0.05) is 16.8 Å². The molecule has 0 amide bonds. The van der Waals surface area contributed by atoms with Crippen molar-refractivity contribution in [3.8, 4) is 16.9 Å². The Balaban J connectivity index is 2.60. The molecule has 1 aromatic carbocycles. The van der Waals surface area contributed by atoms with Crippen molar-refractivity contribution in [1.29, 1.82) is 0 Å². The average Bonchev–Trinajstić information content (AvgIpc) is 2.29. The lowest BCUT2D eigenvalue weighted by Gasteiger charge is -2.06. The zero-order chi connectivity index (χ0) is 12.4. The van der Waals surface area contributed by atoms with Gasteiger partial charge in [0.25, 0.3) is 0 Å². The summed E-state index contributed by atoms with van der Waals surface area (Å²) in [5.41, 5.74) is 0.655. The highest BCUT2D eigenvalue weighted by molar-refractivity contribution is 6.30. The molecule has 5 heteroatoms. The molecular formula is C12H8ClNO3. The van der Waals surface area contributed by atoms with Crippen molar-refractivity contribution >= 4 is 17.6 Å². The number of hydrogen-bond donors (Lipinski definition) is 2. The summed E-state index contributed by atoms with van der Waals surface area (Å²) in [7, 11) is 0. The maximum Gasteiger partial charge on any atom is 0.358 e. The Bertz CT molecular complexity index is 584. The Hall–Kier alpha value is -2.07. The third-order valence-corrected chi connectivity index (χ3v) is 2.50. The lowest BCUT2D eigenvalue weighted by molar-refractivity contribution is 0.0687. The maximum atomic E-state index is 10.8. The summed E-state index contributed by atoms with van der Waals surface area (Å²) in [6.07, 6.45) is 1.33. The van der Waals surface area contributed by atoms with Crippen molar-refractivity contribution in [3.05, 3.63) is 47.2 Å². The molecular weight excluding hydrogens is 242 g/mol. The molecule has 86 valence electrons. The molecule has 0 unspecified atom stereocenters. The first kappa shape index (κ1) is 11.4. The summed E-state index contributed by atoms with van der Waals surface area (Å²) < 4.78 is 0. The number of carboxylic acid groups (broad SMARTS) is 1. The first-order chi connectivity index (χ1) is 8.09. The maximum absolute atomic E-state index is 10.8. The number of hydrogen-bond acceptors (Lipinski definition) is 3. The molecule has 2 rings (SSSR count). The van der Waals surface area contributed by atoms with Gasteiger partial charge < -0.3 is 10.2 Å². The van der Waals surface area contributed by atoms with Gasteiger partial charge in [0.15, 0.2) is 11.4 Å². The summed E-state index contributed by atoms with van der Waals surface area (Å²) >= 11 is 5.84. The fraction of sp³-hybridized carbons (Fsp3) is 0. The molecule has 1 aromatic heterocycles. The van der Waals surface area contributed by atoms with Crippen LogP contribution in [-0.2, 0) is 0 Å². The van der Waals surface area contributed by atoms with Gasteiger partial charge >= 0.3 is 5.97 Å². The van der Waals surface area contributed by atoms with Crippen LogP contribution < -0.4 is 0 Å². The van der Waals surface area contributed by atoms with Crippen molar-refractivity contribution in [1.82, 2.24) is 4.98 Å². The van der Waals surface area contributed by atoms with E-state index >= 15 is 0 Å². The molecule has 0 atom stereocenters. The molecule has 17 heavy (non-hydrogen) atoms. The van der Waals surface area contributed by atoms with Gasteiger partial charge in [0.05, 0.1) is 0 Å². The Morgan fingerprint density at radius 1 is 1.29 bits per heavy atom. The van der Waals surface area contributed by atoms with Gasteiger partial charge in [0.1, 0.15) is 0 Å². The highest BCUT2D eigenvalue weighted by Crippen LogP contribution is 2.32. The predicted octanol–water partition coefficient (Wildman–Crippen LogP) is 2.81. The van der Waals surface area contributed by atoms with Gasteiger partial charge in [-0.2, -0.15) is 0 Å². The fourth-order valence-electron chi connectivity index (χ4n) is 1.50. The van der Waals surface area contributed by atoms with Crippen LogP contribution in [0.1, 0.15) is 10.5 Å². The first-order valence-electron chi connectivity index (χ1n) is 4.77. The van der Waals surface area contributed by atoms with E-state index < -0.39 is 5.97 Å². The van der Waals surface area contributed by atoms with Crippen molar-refractivity contribution in [2.24, 2.45) is 0 Å². The minimum atomic E-state index is -1.27. The average molecular weight is 250 g/mol. The number of carbonyl (C=O) groups is 1. The van der Waals surface area contributed by atoms with E-state index in [4.69, 9.17) is 16.7 Å². The molecule has 0 radical (unpaired) electrons. The van der Waals surface area contributed by atoms with Gasteiger partial charge in [-0.1, -0.05) is 23.7 Å². The van der Waals surface area contributed by atoms with E-state index in [1.807, 2.05) is 0 Å². The summed E-state index contributed by atoms with van der Waals surface area (Å²) in [4.78, 5) is 14.4. The van der Waals surface area contributed by atoms with E-state index in [1.165, 1.54) is 12.3 Å². The van der Waals surface area contributed by atoms with Crippen LogP contribution in [-0.4, -0.2) is 21.2 Å². The normalized spacial score (nSPS) is 10.2. The van der Waals surface area contributed by atoms with Crippen LogP contribution in [0, 0.1) is 0 Å². The van der Waals surface area contributed by atoms with Gasteiger partial charge in [-0.15, -0.1) is 0 Å². The molecule has 0 aliphatic carbocycles. The van der Waals surface area contributed by atoms with Gasteiger partial charge in [-0.3, -0.25) is 0 Å². The number of aromatic hydroxyl groups is 1. The van der Waals surface area contributed by atoms with Gasteiger partial charge in [-0.25, -0.2) is 9.78 Å². The van der Waals surface area contributed by atoms with E-state index in [0.29, 0.717) is 16.1 Å². The van der Waals surface area contributed by atoms with E-state index in [2.05, 4.69) is 4.98 Å². The van der Waals surface area contributed by atoms with Crippen molar-refractivity contribution in [2.45, 2.75) is 0 Å². The number of aromatic carboxylic acids is 1. The number of nitrogens with zero attached hydrogens (tertiary/aromatic N) is 1. The van der Waals surface area contributed by atoms with E-state index in [9.17, 15) is 9.90 Å². The van der Waals surface area contributed by atoms with Crippen LogP contribution >= 0.6 is 11.6 Å². The third kappa shape index (κ3) is 2.21. The first-order valence-corrected chi connectivity index (χ1v) is 5.14. The number of benzene rings is 1. The van der Waals surface area contributed by atoms with Gasteiger partial charge in [0.2, 0.25) is 0 Å². The van der Waals surface area contributed by atoms with E-state index in [1.54, 1.807) is 24.3 Å². The summed E-state index contributed by atoms with van der Waals surface area (Å²) in [5.74, 6) is -1.63. The molecule has 0 aliphatic rings. The molecule has 0 saturated heterocycles. The number of halogens is 1. The molecule has 0 aliphatic heterocycles. The lowest BCUT2D eigenvalue weighted by Crippen LogP contribution is -2.00. The Morgan fingerprint density at radius 2 is 2.06 bits per heavy atom. The Morgan fingerprint density at radius 3 is 2.71 bits per heavy atom. The molecule has 0 fully saturated rings. The quantitative estimate of drug-likeness (QED) is 0.859. The Kier molecular flexibility index (Phi) is 2.97. The fourth-order valence-corrected chi connectivity index (χ4v) is 1.69.